The molecule has 0 aromatic carbocycles. The van der Waals surface area contributed by atoms with Crippen LogP contribution in [0.15, 0.2) is 0 Å². The molecule has 0 saturated heterocycles. The minimum Gasteiger partial charge on any atom is -0.356 e. The first-order chi connectivity index (χ1) is 8.56. The Kier molecular flexibility index (Phi) is 3.95. The van der Waals surface area contributed by atoms with E-state index in [9.17, 15) is 0 Å². The lowest BCUT2D eigenvalue weighted by molar-refractivity contribution is 0.319. The molecule has 1 aromatic rings. The van der Waals surface area contributed by atoms with Crippen molar-refractivity contribution in [2.75, 3.05) is 11.9 Å². The zero-order valence-corrected chi connectivity index (χ0v) is 12.1. The van der Waals surface area contributed by atoms with Crippen molar-refractivity contribution >= 4 is 5.82 Å². The Bertz CT molecular complexity index is 410. The lowest BCUT2D eigenvalue weighted by Crippen LogP contribution is -2.40. The summed E-state index contributed by atoms with van der Waals surface area (Å²) in [6.45, 7) is 4.98. The van der Waals surface area contributed by atoms with Crippen LogP contribution in [0.1, 0.15) is 43.9 Å². The second kappa shape index (κ2) is 5.31. The van der Waals surface area contributed by atoms with Crippen LogP contribution in [-0.4, -0.2) is 22.9 Å². The highest BCUT2D eigenvalue weighted by Crippen LogP contribution is 2.32. The summed E-state index contributed by atoms with van der Waals surface area (Å²) in [5, 5.41) is 4.52. The standard InChI is InChI=1S/C14H26N4/c1-10-7-5-6-8-13(10)17(3)14-12(9-15)11(2)16-18(14)4/h10,13H,5-9,15H2,1-4H3. The van der Waals surface area contributed by atoms with E-state index in [0.717, 1.165) is 11.6 Å². The second-order valence-corrected chi connectivity index (χ2v) is 5.66. The van der Waals surface area contributed by atoms with Crippen LogP contribution in [0.5, 0.6) is 0 Å². The van der Waals surface area contributed by atoms with Crippen molar-refractivity contribution in [3.05, 3.63) is 11.3 Å². The molecule has 4 heteroatoms. The molecule has 0 aliphatic heterocycles. The van der Waals surface area contributed by atoms with E-state index in [4.69, 9.17) is 5.73 Å². The van der Waals surface area contributed by atoms with Gasteiger partial charge in [0.15, 0.2) is 0 Å². The van der Waals surface area contributed by atoms with Gasteiger partial charge in [-0.05, 0) is 25.7 Å². The molecule has 2 rings (SSSR count). The summed E-state index contributed by atoms with van der Waals surface area (Å²) in [7, 11) is 4.22. The van der Waals surface area contributed by atoms with E-state index in [0.29, 0.717) is 12.6 Å². The van der Waals surface area contributed by atoms with Crippen LogP contribution in [0.25, 0.3) is 0 Å². The van der Waals surface area contributed by atoms with Crippen LogP contribution >= 0.6 is 0 Å². The first-order valence-corrected chi connectivity index (χ1v) is 7.01. The van der Waals surface area contributed by atoms with Gasteiger partial charge in [0.25, 0.3) is 0 Å². The average Bonchev–Trinajstić information content (AvgIpc) is 2.63. The van der Waals surface area contributed by atoms with Gasteiger partial charge in [0.05, 0.1) is 5.69 Å². The molecular weight excluding hydrogens is 224 g/mol. The molecule has 1 aliphatic carbocycles. The average molecular weight is 250 g/mol. The second-order valence-electron chi connectivity index (χ2n) is 5.66. The summed E-state index contributed by atoms with van der Waals surface area (Å²) in [6, 6.07) is 0.624. The molecule has 1 saturated carbocycles. The van der Waals surface area contributed by atoms with E-state index in [1.807, 2.05) is 18.7 Å². The van der Waals surface area contributed by atoms with E-state index < -0.39 is 0 Å². The Hall–Kier alpha value is -1.03. The highest BCUT2D eigenvalue weighted by Gasteiger charge is 2.28. The normalized spacial score (nSPS) is 24.3. The van der Waals surface area contributed by atoms with Gasteiger partial charge < -0.3 is 10.6 Å². The molecule has 2 atom stereocenters. The Labute approximate surface area is 110 Å². The predicted molar refractivity (Wildman–Crippen MR) is 75.7 cm³/mol. The number of aromatic nitrogens is 2. The van der Waals surface area contributed by atoms with Crippen molar-refractivity contribution in [1.29, 1.82) is 0 Å². The molecule has 1 aliphatic rings. The third-order valence-electron chi connectivity index (χ3n) is 4.42. The number of rotatable bonds is 3. The van der Waals surface area contributed by atoms with Crippen LogP contribution in [0, 0.1) is 12.8 Å². The van der Waals surface area contributed by atoms with Gasteiger partial charge in [0.1, 0.15) is 5.82 Å². The van der Waals surface area contributed by atoms with Gasteiger partial charge in [0.2, 0.25) is 0 Å². The SMILES string of the molecule is Cc1nn(C)c(N(C)C2CCCCC2C)c1CN. The monoisotopic (exact) mass is 250 g/mol. The van der Waals surface area contributed by atoms with Crippen LogP contribution in [0.4, 0.5) is 5.82 Å². The molecule has 1 heterocycles. The van der Waals surface area contributed by atoms with Gasteiger partial charge in [-0.25, -0.2) is 0 Å². The van der Waals surface area contributed by atoms with E-state index in [1.54, 1.807) is 0 Å². The molecule has 0 amide bonds. The number of anilines is 1. The van der Waals surface area contributed by atoms with Crippen LogP contribution in [0.3, 0.4) is 0 Å². The maximum Gasteiger partial charge on any atom is 0.131 e. The van der Waals surface area contributed by atoms with E-state index >= 15 is 0 Å². The van der Waals surface area contributed by atoms with Gasteiger partial charge in [-0.15, -0.1) is 0 Å². The van der Waals surface area contributed by atoms with Gasteiger partial charge in [-0.3, -0.25) is 4.68 Å². The number of nitrogens with zero attached hydrogens (tertiary/aromatic N) is 3. The Morgan fingerprint density at radius 2 is 2.06 bits per heavy atom. The van der Waals surface area contributed by atoms with Crippen LogP contribution in [-0.2, 0) is 13.6 Å². The van der Waals surface area contributed by atoms with Crippen molar-refractivity contribution in [1.82, 2.24) is 9.78 Å². The van der Waals surface area contributed by atoms with Crippen molar-refractivity contribution in [2.24, 2.45) is 18.7 Å². The van der Waals surface area contributed by atoms with Crippen molar-refractivity contribution < 1.29 is 0 Å². The third kappa shape index (κ3) is 2.26. The van der Waals surface area contributed by atoms with Crippen LogP contribution in [0.2, 0.25) is 0 Å². The van der Waals surface area contributed by atoms with Gasteiger partial charge in [0, 0.05) is 32.2 Å². The van der Waals surface area contributed by atoms with E-state index in [1.165, 1.54) is 37.1 Å². The summed E-state index contributed by atoms with van der Waals surface area (Å²) in [5.41, 5.74) is 8.14. The molecule has 1 fully saturated rings. The Morgan fingerprint density at radius 3 is 2.67 bits per heavy atom. The van der Waals surface area contributed by atoms with Crippen molar-refractivity contribution in [2.45, 2.75) is 52.1 Å². The fourth-order valence-electron chi connectivity index (χ4n) is 3.40. The summed E-state index contributed by atoms with van der Waals surface area (Å²) >= 11 is 0. The topological polar surface area (TPSA) is 47.1 Å². The Morgan fingerprint density at radius 1 is 1.39 bits per heavy atom. The molecule has 0 bridgehead atoms. The quantitative estimate of drug-likeness (QED) is 0.894. The summed E-state index contributed by atoms with van der Waals surface area (Å²) in [4.78, 5) is 2.41. The molecule has 0 radical (unpaired) electrons. The number of aryl methyl sites for hydroxylation is 2. The molecular formula is C14H26N4. The fourth-order valence-corrected chi connectivity index (χ4v) is 3.40. The first-order valence-electron chi connectivity index (χ1n) is 7.01. The van der Waals surface area contributed by atoms with Gasteiger partial charge in [-0.2, -0.15) is 5.10 Å². The van der Waals surface area contributed by atoms with Crippen LogP contribution < -0.4 is 10.6 Å². The highest BCUT2D eigenvalue weighted by molar-refractivity contribution is 5.50. The smallest absolute Gasteiger partial charge is 0.131 e. The number of hydrogen-bond acceptors (Lipinski definition) is 3. The zero-order chi connectivity index (χ0) is 13.3. The molecule has 102 valence electrons. The maximum atomic E-state index is 5.89. The molecule has 0 spiro atoms. The minimum absolute atomic E-state index is 0.570. The molecule has 1 aromatic heterocycles. The largest absolute Gasteiger partial charge is 0.356 e. The van der Waals surface area contributed by atoms with Gasteiger partial charge in [-0.1, -0.05) is 19.8 Å². The maximum absolute atomic E-state index is 5.89. The summed E-state index contributed by atoms with van der Waals surface area (Å²) in [5.74, 6) is 1.96. The minimum atomic E-state index is 0.570. The first kappa shape index (κ1) is 13.4. The molecule has 2 unspecified atom stereocenters. The van der Waals surface area contributed by atoms with Gasteiger partial charge >= 0.3 is 0 Å². The summed E-state index contributed by atoms with van der Waals surface area (Å²) in [6.07, 6.45) is 5.34. The zero-order valence-electron chi connectivity index (χ0n) is 12.1. The molecule has 2 N–H and O–H groups in total. The van der Waals surface area contributed by atoms with E-state index in [2.05, 4.69) is 24.0 Å². The predicted octanol–water partition coefficient (Wildman–Crippen LogP) is 2.20. The number of nitrogens with two attached hydrogens (primary N) is 1. The lowest BCUT2D eigenvalue weighted by atomic mass is 9.85. The summed E-state index contributed by atoms with van der Waals surface area (Å²) < 4.78 is 1.98. The molecule has 4 nitrogen and oxygen atoms in total. The molecule has 18 heavy (non-hydrogen) atoms. The fraction of sp³-hybridized carbons (Fsp3) is 0.786. The lowest BCUT2D eigenvalue weighted by Gasteiger charge is -2.37. The highest BCUT2D eigenvalue weighted by atomic mass is 15.4. The Balaban J connectivity index is 2.29. The van der Waals surface area contributed by atoms with Crippen molar-refractivity contribution in [3.63, 3.8) is 0 Å². The van der Waals surface area contributed by atoms with E-state index in [-0.39, 0.29) is 0 Å². The number of hydrogen-bond donors (Lipinski definition) is 1. The third-order valence-corrected chi connectivity index (χ3v) is 4.42. The van der Waals surface area contributed by atoms with Crippen molar-refractivity contribution in [3.8, 4) is 0 Å².